The molecule has 0 saturated carbocycles. The molecule has 5 heteroatoms. The van der Waals surface area contributed by atoms with E-state index in [0.29, 0.717) is 12.1 Å². The third kappa shape index (κ3) is 3.06. The van der Waals surface area contributed by atoms with Gasteiger partial charge in [-0.05, 0) is 41.6 Å². The van der Waals surface area contributed by atoms with Crippen molar-refractivity contribution in [3.8, 4) is 6.07 Å². The molecule has 1 amide bonds. The molecule has 0 spiro atoms. The van der Waals surface area contributed by atoms with Gasteiger partial charge in [0.25, 0.3) is 0 Å². The van der Waals surface area contributed by atoms with Crippen LogP contribution in [-0.4, -0.2) is 23.9 Å². The molecule has 21 heavy (non-hydrogen) atoms. The molecule has 0 atom stereocenters. The van der Waals surface area contributed by atoms with E-state index in [1.807, 2.05) is 17.0 Å². The molecule has 1 aromatic carbocycles. The van der Waals surface area contributed by atoms with Crippen LogP contribution in [0.4, 0.5) is 5.69 Å². The monoisotopic (exact) mass is 297 g/mol. The van der Waals surface area contributed by atoms with E-state index in [9.17, 15) is 4.79 Å². The minimum Gasteiger partial charge on any atom is -0.376 e. The summed E-state index contributed by atoms with van der Waals surface area (Å²) in [6, 6.07) is 11.4. The maximum absolute atomic E-state index is 12.3. The van der Waals surface area contributed by atoms with Crippen molar-refractivity contribution in [2.75, 3.05) is 18.4 Å². The topological polar surface area (TPSA) is 56.1 Å². The SMILES string of the molecule is N#Cc1cccc(NCC(=O)N2CCc3sccc3C2)c1. The lowest BCUT2D eigenvalue weighted by Gasteiger charge is -2.27. The van der Waals surface area contributed by atoms with Gasteiger partial charge >= 0.3 is 0 Å². The van der Waals surface area contributed by atoms with Gasteiger partial charge < -0.3 is 10.2 Å². The molecule has 0 fully saturated rings. The lowest BCUT2D eigenvalue weighted by Crippen LogP contribution is -2.38. The fraction of sp³-hybridized carbons (Fsp3) is 0.250. The van der Waals surface area contributed by atoms with Crippen molar-refractivity contribution in [3.05, 3.63) is 51.7 Å². The van der Waals surface area contributed by atoms with Crippen molar-refractivity contribution in [2.24, 2.45) is 0 Å². The van der Waals surface area contributed by atoms with Crippen molar-refractivity contribution >= 4 is 22.9 Å². The molecule has 0 bridgehead atoms. The Balaban J connectivity index is 1.59. The molecule has 1 aliphatic heterocycles. The second-order valence-electron chi connectivity index (χ2n) is 4.98. The van der Waals surface area contributed by atoms with E-state index in [1.165, 1.54) is 10.4 Å². The molecule has 4 nitrogen and oxygen atoms in total. The maximum atomic E-state index is 12.3. The Morgan fingerprint density at radius 1 is 1.43 bits per heavy atom. The Hall–Kier alpha value is -2.32. The first-order valence-corrected chi connectivity index (χ1v) is 7.71. The van der Waals surface area contributed by atoms with Gasteiger partial charge in [0.15, 0.2) is 0 Å². The van der Waals surface area contributed by atoms with Crippen LogP contribution < -0.4 is 5.32 Å². The second kappa shape index (κ2) is 5.98. The predicted octanol–water partition coefficient (Wildman–Crippen LogP) is 2.62. The molecule has 1 aliphatic rings. The zero-order valence-electron chi connectivity index (χ0n) is 11.5. The Bertz CT molecular complexity index is 702. The summed E-state index contributed by atoms with van der Waals surface area (Å²) in [5.41, 5.74) is 2.66. The van der Waals surface area contributed by atoms with Gasteiger partial charge in [-0.2, -0.15) is 5.26 Å². The average Bonchev–Trinajstić information content (AvgIpc) is 3.00. The second-order valence-corrected chi connectivity index (χ2v) is 5.98. The van der Waals surface area contributed by atoms with E-state index in [4.69, 9.17) is 5.26 Å². The Kier molecular flexibility index (Phi) is 3.89. The molecule has 2 aromatic rings. The molecule has 2 heterocycles. The number of nitrogens with zero attached hydrogens (tertiary/aromatic N) is 2. The van der Waals surface area contributed by atoms with E-state index < -0.39 is 0 Å². The van der Waals surface area contributed by atoms with Crippen LogP contribution >= 0.6 is 11.3 Å². The van der Waals surface area contributed by atoms with Crippen molar-refractivity contribution in [3.63, 3.8) is 0 Å². The highest BCUT2D eigenvalue weighted by molar-refractivity contribution is 7.10. The summed E-state index contributed by atoms with van der Waals surface area (Å²) in [4.78, 5) is 15.5. The summed E-state index contributed by atoms with van der Waals surface area (Å²) >= 11 is 1.77. The van der Waals surface area contributed by atoms with Crippen LogP contribution in [0.1, 0.15) is 16.0 Å². The zero-order valence-corrected chi connectivity index (χ0v) is 12.3. The third-order valence-electron chi connectivity index (χ3n) is 3.60. The number of thiophene rings is 1. The van der Waals surface area contributed by atoms with Crippen molar-refractivity contribution in [2.45, 2.75) is 13.0 Å². The highest BCUT2D eigenvalue weighted by Gasteiger charge is 2.20. The number of anilines is 1. The highest BCUT2D eigenvalue weighted by atomic mass is 32.1. The quantitative estimate of drug-likeness (QED) is 0.947. The lowest BCUT2D eigenvalue weighted by atomic mass is 10.1. The van der Waals surface area contributed by atoms with Gasteiger partial charge in [-0.15, -0.1) is 11.3 Å². The summed E-state index contributed by atoms with van der Waals surface area (Å²) in [6.45, 7) is 1.75. The van der Waals surface area contributed by atoms with Gasteiger partial charge in [0.1, 0.15) is 0 Å². The van der Waals surface area contributed by atoms with E-state index in [-0.39, 0.29) is 12.5 Å². The van der Waals surface area contributed by atoms with E-state index in [1.54, 1.807) is 23.5 Å². The Morgan fingerprint density at radius 2 is 2.33 bits per heavy atom. The third-order valence-corrected chi connectivity index (χ3v) is 4.62. The van der Waals surface area contributed by atoms with E-state index >= 15 is 0 Å². The minimum atomic E-state index is 0.0919. The molecular formula is C16H15N3OS. The molecule has 1 aromatic heterocycles. The van der Waals surface area contributed by atoms with Crippen LogP contribution in [0, 0.1) is 11.3 Å². The molecule has 1 N–H and O–H groups in total. The zero-order chi connectivity index (χ0) is 14.7. The number of nitriles is 1. The largest absolute Gasteiger partial charge is 0.376 e. The van der Waals surface area contributed by atoms with Gasteiger partial charge in [0.2, 0.25) is 5.91 Å². The lowest BCUT2D eigenvalue weighted by molar-refractivity contribution is -0.130. The number of carbonyl (C=O) groups is 1. The summed E-state index contributed by atoms with van der Waals surface area (Å²) in [5, 5.41) is 14.0. The molecule has 3 rings (SSSR count). The number of rotatable bonds is 3. The van der Waals surface area contributed by atoms with Gasteiger partial charge in [0, 0.05) is 23.7 Å². The van der Waals surface area contributed by atoms with E-state index in [2.05, 4.69) is 22.8 Å². The molecule has 106 valence electrons. The molecule has 0 aliphatic carbocycles. The van der Waals surface area contributed by atoms with Gasteiger partial charge in [0.05, 0.1) is 18.2 Å². The van der Waals surface area contributed by atoms with Gasteiger partial charge in [-0.3, -0.25) is 4.79 Å². The van der Waals surface area contributed by atoms with Crippen LogP contribution in [0.5, 0.6) is 0 Å². The van der Waals surface area contributed by atoms with Crippen LogP contribution in [-0.2, 0) is 17.8 Å². The number of hydrogen-bond acceptors (Lipinski definition) is 4. The number of carbonyl (C=O) groups excluding carboxylic acids is 1. The predicted molar refractivity (Wildman–Crippen MR) is 83.1 cm³/mol. The van der Waals surface area contributed by atoms with Crippen LogP contribution in [0.25, 0.3) is 0 Å². The fourth-order valence-corrected chi connectivity index (χ4v) is 3.34. The summed E-state index contributed by atoms with van der Waals surface area (Å²) in [5.74, 6) is 0.0919. The Morgan fingerprint density at radius 3 is 3.19 bits per heavy atom. The van der Waals surface area contributed by atoms with Gasteiger partial charge in [-0.25, -0.2) is 0 Å². The minimum absolute atomic E-state index is 0.0919. The van der Waals surface area contributed by atoms with Crippen molar-refractivity contribution < 1.29 is 4.79 Å². The molecule has 0 unspecified atom stereocenters. The van der Waals surface area contributed by atoms with Crippen LogP contribution in [0.2, 0.25) is 0 Å². The standard InChI is InChI=1S/C16H15N3OS/c17-9-12-2-1-3-14(8-12)18-10-16(20)19-6-4-15-13(11-19)5-7-21-15/h1-3,5,7-8,18H,4,6,10-11H2. The van der Waals surface area contributed by atoms with Crippen LogP contribution in [0.15, 0.2) is 35.7 Å². The number of fused-ring (bicyclic) bond motifs is 1. The summed E-state index contributed by atoms with van der Waals surface area (Å²) < 4.78 is 0. The number of benzene rings is 1. The number of nitrogens with one attached hydrogen (secondary N) is 1. The first-order chi connectivity index (χ1) is 10.3. The van der Waals surface area contributed by atoms with Crippen molar-refractivity contribution in [1.29, 1.82) is 5.26 Å². The van der Waals surface area contributed by atoms with Crippen molar-refractivity contribution in [1.82, 2.24) is 4.90 Å². The van der Waals surface area contributed by atoms with Gasteiger partial charge in [-0.1, -0.05) is 6.07 Å². The average molecular weight is 297 g/mol. The maximum Gasteiger partial charge on any atom is 0.242 e. The smallest absolute Gasteiger partial charge is 0.242 e. The van der Waals surface area contributed by atoms with E-state index in [0.717, 1.165) is 18.7 Å². The number of amides is 1. The summed E-state index contributed by atoms with van der Waals surface area (Å²) in [7, 11) is 0. The number of hydrogen-bond donors (Lipinski definition) is 1. The highest BCUT2D eigenvalue weighted by Crippen LogP contribution is 2.24. The first kappa shape index (κ1) is 13.7. The van der Waals surface area contributed by atoms with Crippen LogP contribution in [0.3, 0.4) is 0 Å². The normalized spacial score (nSPS) is 13.4. The Labute approximate surface area is 127 Å². The summed E-state index contributed by atoms with van der Waals surface area (Å²) in [6.07, 6.45) is 0.947. The fourth-order valence-electron chi connectivity index (χ4n) is 2.45. The molecule has 0 radical (unpaired) electrons. The molecule has 0 saturated heterocycles. The molecular weight excluding hydrogens is 282 g/mol. The first-order valence-electron chi connectivity index (χ1n) is 6.83.